The maximum absolute atomic E-state index is 11.2. The van der Waals surface area contributed by atoms with Gasteiger partial charge in [-0.25, -0.2) is 0 Å². The Balaban J connectivity index is 2.43. The molecule has 1 aromatic rings. The largest absolute Gasteiger partial charge is 0.309 e. The van der Waals surface area contributed by atoms with Gasteiger partial charge < -0.3 is 5.32 Å². The van der Waals surface area contributed by atoms with Crippen LogP contribution in [0.1, 0.15) is 24.6 Å². The Kier molecular flexibility index (Phi) is 2.17. The van der Waals surface area contributed by atoms with Crippen molar-refractivity contribution >= 4 is 11.6 Å². The van der Waals surface area contributed by atoms with Crippen LogP contribution in [0.2, 0.25) is 5.02 Å². The first kappa shape index (κ1) is 8.84. The molecule has 4 nitrogen and oxygen atoms in total. The average molecular weight is 202 g/mol. The lowest BCUT2D eigenvalue weighted by Crippen LogP contribution is -2.16. The van der Waals surface area contributed by atoms with Crippen molar-refractivity contribution in [3.63, 3.8) is 0 Å². The van der Waals surface area contributed by atoms with Gasteiger partial charge in [0.1, 0.15) is 5.02 Å². The molecular formula is C8H12ClN3O. The molecule has 0 unspecified atom stereocenters. The standard InChI is InChI=1S/C8H12ClN3O/c1-12-7(5-3-2-4-10-5)6(9)8(13)11-12/h5,10H,2-4H2,1H3,(H,11,13)/t5-/m0/s1. The van der Waals surface area contributed by atoms with Gasteiger partial charge in [0, 0.05) is 7.05 Å². The molecule has 1 aromatic heterocycles. The van der Waals surface area contributed by atoms with E-state index in [1.54, 1.807) is 4.68 Å². The summed E-state index contributed by atoms with van der Waals surface area (Å²) in [6, 6.07) is 0.233. The van der Waals surface area contributed by atoms with Crippen molar-refractivity contribution in [3.8, 4) is 0 Å². The summed E-state index contributed by atoms with van der Waals surface area (Å²) in [4.78, 5) is 11.2. The van der Waals surface area contributed by atoms with E-state index in [0.29, 0.717) is 5.02 Å². The topological polar surface area (TPSA) is 49.8 Å². The molecule has 2 heterocycles. The molecule has 2 N–H and O–H groups in total. The minimum atomic E-state index is -0.201. The zero-order chi connectivity index (χ0) is 9.42. The highest BCUT2D eigenvalue weighted by Gasteiger charge is 2.23. The van der Waals surface area contributed by atoms with Crippen molar-refractivity contribution in [2.45, 2.75) is 18.9 Å². The van der Waals surface area contributed by atoms with Crippen LogP contribution in [-0.4, -0.2) is 16.3 Å². The maximum atomic E-state index is 11.2. The van der Waals surface area contributed by atoms with Crippen LogP contribution in [0.5, 0.6) is 0 Å². The van der Waals surface area contributed by atoms with E-state index in [-0.39, 0.29) is 11.6 Å². The maximum Gasteiger partial charge on any atom is 0.283 e. The average Bonchev–Trinajstić information content (AvgIpc) is 2.63. The molecule has 13 heavy (non-hydrogen) atoms. The highest BCUT2D eigenvalue weighted by Crippen LogP contribution is 2.26. The van der Waals surface area contributed by atoms with Crippen LogP contribution >= 0.6 is 11.6 Å². The van der Waals surface area contributed by atoms with Gasteiger partial charge in [-0.3, -0.25) is 14.6 Å². The summed E-state index contributed by atoms with van der Waals surface area (Å²) in [6.45, 7) is 1.00. The first-order chi connectivity index (χ1) is 6.20. The molecule has 1 atom stereocenters. The van der Waals surface area contributed by atoms with Gasteiger partial charge in [-0.1, -0.05) is 11.6 Å². The molecular weight excluding hydrogens is 190 g/mol. The zero-order valence-corrected chi connectivity index (χ0v) is 8.19. The van der Waals surface area contributed by atoms with Crippen molar-refractivity contribution in [1.82, 2.24) is 15.1 Å². The van der Waals surface area contributed by atoms with Crippen LogP contribution in [0.3, 0.4) is 0 Å². The van der Waals surface area contributed by atoms with E-state index in [1.165, 1.54) is 0 Å². The summed E-state index contributed by atoms with van der Waals surface area (Å²) in [5, 5.41) is 6.27. The molecule has 1 saturated heterocycles. The van der Waals surface area contributed by atoms with Gasteiger partial charge in [0.05, 0.1) is 11.7 Å². The second-order valence-electron chi connectivity index (χ2n) is 3.35. The molecule has 0 amide bonds. The fourth-order valence-electron chi connectivity index (χ4n) is 1.83. The molecule has 1 aliphatic heterocycles. The monoisotopic (exact) mass is 201 g/mol. The normalized spacial score (nSPS) is 22.5. The number of aromatic amines is 1. The molecule has 72 valence electrons. The molecule has 1 fully saturated rings. The quantitative estimate of drug-likeness (QED) is 0.706. The zero-order valence-electron chi connectivity index (χ0n) is 7.43. The number of rotatable bonds is 1. The lowest BCUT2D eigenvalue weighted by atomic mass is 10.1. The van der Waals surface area contributed by atoms with E-state index in [9.17, 15) is 4.79 Å². The third kappa shape index (κ3) is 1.40. The van der Waals surface area contributed by atoms with E-state index >= 15 is 0 Å². The molecule has 0 saturated carbocycles. The summed E-state index contributed by atoms with van der Waals surface area (Å²) in [7, 11) is 1.81. The van der Waals surface area contributed by atoms with E-state index in [4.69, 9.17) is 11.6 Å². The Hall–Kier alpha value is -0.740. The van der Waals surface area contributed by atoms with Crippen LogP contribution in [0.15, 0.2) is 4.79 Å². The smallest absolute Gasteiger partial charge is 0.283 e. The first-order valence-electron chi connectivity index (χ1n) is 4.38. The Morgan fingerprint density at radius 3 is 2.85 bits per heavy atom. The van der Waals surface area contributed by atoms with Crippen molar-refractivity contribution in [2.75, 3.05) is 6.54 Å². The fraction of sp³-hybridized carbons (Fsp3) is 0.625. The predicted octanol–water partition coefficient (Wildman–Crippen LogP) is 0.791. The number of nitrogens with one attached hydrogen (secondary N) is 2. The van der Waals surface area contributed by atoms with E-state index < -0.39 is 0 Å². The number of aryl methyl sites for hydroxylation is 1. The lowest BCUT2D eigenvalue weighted by Gasteiger charge is -2.10. The summed E-state index contributed by atoms with van der Waals surface area (Å²) < 4.78 is 1.70. The number of hydrogen-bond donors (Lipinski definition) is 2. The summed E-state index contributed by atoms with van der Waals surface area (Å²) in [6.07, 6.45) is 2.19. The van der Waals surface area contributed by atoms with Crippen molar-refractivity contribution in [3.05, 3.63) is 21.1 Å². The Labute approximate surface area is 80.9 Å². The molecule has 2 rings (SSSR count). The van der Waals surface area contributed by atoms with E-state index in [1.807, 2.05) is 7.05 Å². The highest BCUT2D eigenvalue weighted by molar-refractivity contribution is 6.31. The molecule has 0 spiro atoms. The van der Waals surface area contributed by atoms with Crippen molar-refractivity contribution in [2.24, 2.45) is 7.05 Å². The predicted molar refractivity (Wildman–Crippen MR) is 51.0 cm³/mol. The molecule has 1 aliphatic rings. The lowest BCUT2D eigenvalue weighted by molar-refractivity contribution is 0.573. The molecule has 0 radical (unpaired) electrons. The number of nitrogens with zero attached hydrogens (tertiary/aromatic N) is 1. The Morgan fingerprint density at radius 1 is 1.62 bits per heavy atom. The van der Waals surface area contributed by atoms with Gasteiger partial charge in [-0.15, -0.1) is 0 Å². The third-order valence-corrected chi connectivity index (χ3v) is 2.81. The van der Waals surface area contributed by atoms with Gasteiger partial charge in [0.25, 0.3) is 5.56 Å². The van der Waals surface area contributed by atoms with Gasteiger partial charge in [-0.05, 0) is 19.4 Å². The van der Waals surface area contributed by atoms with Crippen LogP contribution in [0.4, 0.5) is 0 Å². The number of hydrogen-bond acceptors (Lipinski definition) is 2. The van der Waals surface area contributed by atoms with Crippen LogP contribution in [0, 0.1) is 0 Å². The molecule has 0 bridgehead atoms. The number of aromatic nitrogens is 2. The third-order valence-electron chi connectivity index (χ3n) is 2.45. The van der Waals surface area contributed by atoms with Crippen LogP contribution < -0.4 is 10.9 Å². The van der Waals surface area contributed by atoms with Crippen LogP contribution in [0.25, 0.3) is 0 Å². The summed E-state index contributed by atoms with van der Waals surface area (Å²) >= 11 is 5.89. The Bertz CT molecular complexity index is 362. The van der Waals surface area contributed by atoms with Crippen molar-refractivity contribution in [1.29, 1.82) is 0 Å². The van der Waals surface area contributed by atoms with E-state index in [2.05, 4.69) is 10.4 Å². The minimum absolute atomic E-state index is 0.201. The van der Waals surface area contributed by atoms with E-state index in [0.717, 1.165) is 25.1 Å². The summed E-state index contributed by atoms with van der Waals surface area (Å²) in [5.41, 5.74) is 0.678. The number of halogens is 1. The molecule has 0 aliphatic carbocycles. The van der Waals surface area contributed by atoms with Gasteiger partial charge in [-0.2, -0.15) is 0 Å². The fourth-order valence-corrected chi connectivity index (χ4v) is 2.13. The van der Waals surface area contributed by atoms with Crippen LogP contribution in [-0.2, 0) is 7.05 Å². The van der Waals surface area contributed by atoms with Crippen molar-refractivity contribution < 1.29 is 0 Å². The van der Waals surface area contributed by atoms with Gasteiger partial charge in [0.2, 0.25) is 0 Å². The van der Waals surface area contributed by atoms with Gasteiger partial charge in [0.15, 0.2) is 0 Å². The molecule has 0 aromatic carbocycles. The second kappa shape index (κ2) is 3.20. The number of H-pyrrole nitrogens is 1. The SMILES string of the molecule is Cn1[nH]c(=O)c(Cl)c1[C@@H]1CCCN1. The Morgan fingerprint density at radius 2 is 2.38 bits per heavy atom. The molecule has 5 heteroatoms. The summed E-state index contributed by atoms with van der Waals surface area (Å²) in [5.74, 6) is 0. The second-order valence-corrected chi connectivity index (χ2v) is 3.73. The first-order valence-corrected chi connectivity index (χ1v) is 4.75. The minimum Gasteiger partial charge on any atom is -0.309 e. The van der Waals surface area contributed by atoms with Gasteiger partial charge >= 0.3 is 0 Å². The highest BCUT2D eigenvalue weighted by atomic mass is 35.5.